The first-order chi connectivity index (χ1) is 7.27. The average Bonchev–Trinajstić information content (AvgIpc) is 2.71. The maximum Gasteiger partial charge on any atom is 0.164 e. The van der Waals surface area contributed by atoms with Gasteiger partial charge in [-0.1, -0.05) is 0 Å². The van der Waals surface area contributed by atoms with Crippen LogP contribution in [-0.2, 0) is 0 Å². The van der Waals surface area contributed by atoms with Gasteiger partial charge in [-0.2, -0.15) is 0 Å². The summed E-state index contributed by atoms with van der Waals surface area (Å²) < 4.78 is 0. The number of fused-ring (bicyclic) bond motifs is 3. The highest BCUT2D eigenvalue weighted by atomic mass is 16.3. The van der Waals surface area contributed by atoms with Crippen LogP contribution in [0.5, 0.6) is 0 Å². The van der Waals surface area contributed by atoms with E-state index in [9.17, 15) is 5.11 Å². The minimum absolute atomic E-state index is 0.125. The number of aliphatic hydroxyl groups excluding tert-OH is 1. The number of rotatable bonds is 0. The van der Waals surface area contributed by atoms with Gasteiger partial charge in [-0.05, 0) is 7.05 Å². The average molecular weight is 214 g/mol. The molecule has 3 saturated heterocycles. The number of nitrogens with zero attached hydrogens (tertiary/aromatic N) is 1. The van der Waals surface area contributed by atoms with Gasteiger partial charge in [-0.25, -0.2) is 0 Å². The third-order valence-electron chi connectivity index (χ3n) is 3.56. The summed E-state index contributed by atoms with van der Waals surface area (Å²) in [6, 6.07) is 0.551. The van der Waals surface area contributed by atoms with Gasteiger partial charge in [0.2, 0.25) is 0 Å². The lowest BCUT2D eigenvalue weighted by Crippen LogP contribution is -2.56. The van der Waals surface area contributed by atoms with Crippen molar-refractivity contribution in [2.24, 2.45) is 0 Å². The van der Waals surface area contributed by atoms with E-state index in [1.165, 1.54) is 0 Å². The highest BCUT2D eigenvalue weighted by Crippen LogP contribution is 2.20. The second-order valence-electron chi connectivity index (χ2n) is 4.35. The summed E-state index contributed by atoms with van der Waals surface area (Å²) in [5.41, 5.74) is 0. The van der Waals surface area contributed by atoms with Gasteiger partial charge in [-0.3, -0.25) is 31.5 Å². The predicted molar refractivity (Wildman–Crippen MR) is 54.3 cm³/mol. The summed E-state index contributed by atoms with van der Waals surface area (Å²) in [5.74, 6) is 0. The minimum Gasteiger partial charge on any atom is -0.365 e. The third-order valence-corrected chi connectivity index (χ3v) is 3.56. The van der Waals surface area contributed by atoms with Crippen LogP contribution in [0.2, 0.25) is 0 Å². The van der Waals surface area contributed by atoms with Crippen LogP contribution in [0.25, 0.3) is 0 Å². The fourth-order valence-corrected chi connectivity index (χ4v) is 2.74. The maximum absolute atomic E-state index is 9.75. The van der Waals surface area contributed by atoms with E-state index in [-0.39, 0.29) is 18.4 Å². The topological polar surface area (TPSA) is 83.6 Å². The lowest BCUT2D eigenvalue weighted by molar-refractivity contribution is 0.0159. The number of nitrogens with one attached hydrogen (secondary N) is 5. The smallest absolute Gasteiger partial charge is 0.164 e. The van der Waals surface area contributed by atoms with Crippen molar-refractivity contribution in [2.75, 3.05) is 20.4 Å². The van der Waals surface area contributed by atoms with E-state index in [0.29, 0.717) is 6.04 Å². The molecule has 0 saturated carbocycles. The zero-order valence-electron chi connectivity index (χ0n) is 8.70. The van der Waals surface area contributed by atoms with Gasteiger partial charge in [0.15, 0.2) is 6.35 Å². The summed E-state index contributed by atoms with van der Waals surface area (Å²) in [7, 11) is 1.94. The molecule has 6 N–H and O–H groups in total. The molecule has 3 rings (SSSR count). The quantitative estimate of drug-likeness (QED) is 0.249. The number of hydrogen-bond acceptors (Lipinski definition) is 7. The van der Waals surface area contributed by atoms with Gasteiger partial charge >= 0.3 is 0 Å². The van der Waals surface area contributed by atoms with E-state index in [1.54, 1.807) is 0 Å². The molecule has 5 unspecified atom stereocenters. The Morgan fingerprint density at radius 1 is 1.07 bits per heavy atom. The Kier molecular flexibility index (Phi) is 2.40. The molecule has 0 aliphatic carbocycles. The van der Waals surface area contributed by atoms with Crippen LogP contribution >= 0.6 is 0 Å². The van der Waals surface area contributed by atoms with Crippen molar-refractivity contribution >= 4 is 0 Å². The van der Waals surface area contributed by atoms with Gasteiger partial charge in [0.05, 0.1) is 24.4 Å². The Bertz CT molecular complexity index is 251. The fraction of sp³-hybridized carbons (Fsp3) is 1.00. The molecule has 5 atom stereocenters. The van der Waals surface area contributed by atoms with Crippen LogP contribution in [0, 0.1) is 0 Å². The molecule has 0 spiro atoms. The summed E-state index contributed by atoms with van der Waals surface area (Å²) in [6.07, 6.45) is -0.171. The van der Waals surface area contributed by atoms with Gasteiger partial charge in [0.1, 0.15) is 0 Å². The molecule has 3 heterocycles. The van der Waals surface area contributed by atoms with Gasteiger partial charge in [-0.15, -0.1) is 0 Å². The van der Waals surface area contributed by atoms with E-state index in [2.05, 4.69) is 26.6 Å². The number of aliphatic hydroxyl groups is 1. The molecular formula is C8H18N6O. The van der Waals surface area contributed by atoms with E-state index in [4.69, 9.17) is 0 Å². The van der Waals surface area contributed by atoms with Crippen LogP contribution in [0.1, 0.15) is 0 Å². The van der Waals surface area contributed by atoms with Crippen molar-refractivity contribution in [3.63, 3.8) is 0 Å². The van der Waals surface area contributed by atoms with E-state index >= 15 is 0 Å². The Hall–Kier alpha value is -0.280. The molecule has 0 radical (unpaired) electrons. The normalized spacial score (nSPS) is 51.2. The Labute approximate surface area is 88.6 Å². The molecule has 15 heavy (non-hydrogen) atoms. The van der Waals surface area contributed by atoms with Crippen molar-refractivity contribution in [3.8, 4) is 0 Å². The summed E-state index contributed by atoms with van der Waals surface area (Å²) in [6.45, 7) is 1.56. The first-order valence-corrected chi connectivity index (χ1v) is 5.37. The van der Waals surface area contributed by atoms with Crippen LogP contribution < -0.4 is 26.6 Å². The van der Waals surface area contributed by atoms with Crippen LogP contribution in [0.15, 0.2) is 0 Å². The molecular weight excluding hydrogens is 196 g/mol. The number of hydrogen-bond donors (Lipinski definition) is 6. The largest absolute Gasteiger partial charge is 0.365 e. The SMILES string of the molecule is CN1C(O)NC2NCNC3NCNC3C21. The van der Waals surface area contributed by atoms with Crippen LogP contribution in [-0.4, -0.2) is 61.2 Å². The lowest BCUT2D eigenvalue weighted by atomic mass is 10.0. The fourth-order valence-electron chi connectivity index (χ4n) is 2.74. The predicted octanol–water partition coefficient (Wildman–Crippen LogP) is -3.51. The van der Waals surface area contributed by atoms with Crippen molar-refractivity contribution < 1.29 is 5.11 Å². The van der Waals surface area contributed by atoms with Crippen molar-refractivity contribution in [1.29, 1.82) is 0 Å². The molecule has 3 aliphatic rings. The maximum atomic E-state index is 9.75. The summed E-state index contributed by atoms with van der Waals surface area (Å²) in [4.78, 5) is 1.96. The molecule has 0 aromatic carbocycles. The molecule has 0 bridgehead atoms. The highest BCUT2D eigenvalue weighted by molar-refractivity contribution is 5.04. The third kappa shape index (κ3) is 1.48. The van der Waals surface area contributed by atoms with Gasteiger partial charge in [0.25, 0.3) is 0 Å². The van der Waals surface area contributed by atoms with E-state index in [0.717, 1.165) is 13.3 Å². The molecule has 3 fully saturated rings. The molecule has 7 nitrogen and oxygen atoms in total. The first-order valence-electron chi connectivity index (χ1n) is 5.37. The standard InChI is InChI=1S/C8H18N6O/c1-14-5-4-6(10-2-9-4)11-3-12-7(5)13-8(14)15/h4-13,15H,2-3H2,1H3. The Balaban J connectivity index is 1.85. The summed E-state index contributed by atoms with van der Waals surface area (Å²) in [5, 5.41) is 26.3. The molecule has 7 heteroatoms. The van der Waals surface area contributed by atoms with Crippen molar-refractivity contribution in [1.82, 2.24) is 31.5 Å². The molecule has 0 amide bonds. The number of likely N-dealkylation sites (N-methyl/N-ethyl adjacent to an activating group) is 1. The molecule has 0 aromatic rings. The zero-order chi connectivity index (χ0) is 10.4. The van der Waals surface area contributed by atoms with Gasteiger partial charge < -0.3 is 5.11 Å². The second-order valence-corrected chi connectivity index (χ2v) is 4.35. The van der Waals surface area contributed by atoms with E-state index < -0.39 is 6.35 Å². The Morgan fingerprint density at radius 3 is 2.53 bits per heavy atom. The monoisotopic (exact) mass is 214 g/mol. The van der Waals surface area contributed by atoms with Crippen LogP contribution in [0.4, 0.5) is 0 Å². The lowest BCUT2D eigenvalue weighted by Gasteiger charge is -2.30. The second kappa shape index (κ2) is 3.63. The molecule has 0 aromatic heterocycles. The van der Waals surface area contributed by atoms with Gasteiger partial charge in [0, 0.05) is 13.3 Å². The first kappa shape index (κ1) is 9.91. The molecule has 86 valence electrons. The molecule has 3 aliphatic heterocycles. The van der Waals surface area contributed by atoms with E-state index in [1.807, 2.05) is 11.9 Å². The Morgan fingerprint density at radius 2 is 1.73 bits per heavy atom. The zero-order valence-corrected chi connectivity index (χ0v) is 8.70. The van der Waals surface area contributed by atoms with Crippen molar-refractivity contribution in [3.05, 3.63) is 0 Å². The summed E-state index contributed by atoms with van der Waals surface area (Å²) >= 11 is 0. The van der Waals surface area contributed by atoms with Crippen LogP contribution in [0.3, 0.4) is 0 Å². The van der Waals surface area contributed by atoms with Crippen molar-refractivity contribution in [2.45, 2.75) is 30.8 Å². The minimum atomic E-state index is -0.561. The highest BCUT2D eigenvalue weighted by Gasteiger charge is 2.47.